The van der Waals surface area contributed by atoms with Gasteiger partial charge in [0.15, 0.2) is 0 Å². The van der Waals surface area contributed by atoms with Crippen LogP contribution in [-0.2, 0) is 21.4 Å². The van der Waals surface area contributed by atoms with Crippen LogP contribution in [0.5, 0.6) is 5.75 Å². The average molecular weight is 548 g/mol. The number of amides is 1. The Labute approximate surface area is 227 Å². The number of anilines is 1. The molecule has 1 amide bonds. The van der Waals surface area contributed by atoms with Gasteiger partial charge in [0.1, 0.15) is 18.9 Å². The van der Waals surface area contributed by atoms with Crippen molar-refractivity contribution in [1.29, 1.82) is 0 Å². The second kappa shape index (κ2) is 12.4. The average Bonchev–Trinajstić information content (AvgIpc) is 2.92. The summed E-state index contributed by atoms with van der Waals surface area (Å²) < 4.78 is 33.9. The van der Waals surface area contributed by atoms with Gasteiger partial charge >= 0.3 is 0 Å². The Bertz CT molecular complexity index is 1530. The van der Waals surface area contributed by atoms with Crippen molar-refractivity contribution in [2.45, 2.75) is 18.4 Å². The summed E-state index contributed by atoms with van der Waals surface area (Å²) in [6.07, 6.45) is 1.45. The first-order valence-electron chi connectivity index (χ1n) is 11.8. The van der Waals surface area contributed by atoms with Crippen molar-refractivity contribution in [1.82, 2.24) is 5.43 Å². The molecule has 0 aliphatic heterocycles. The van der Waals surface area contributed by atoms with Gasteiger partial charge in [0.2, 0.25) is 0 Å². The van der Waals surface area contributed by atoms with E-state index >= 15 is 0 Å². The normalized spacial score (nSPS) is 11.3. The van der Waals surface area contributed by atoms with E-state index in [9.17, 15) is 13.2 Å². The summed E-state index contributed by atoms with van der Waals surface area (Å²) in [4.78, 5) is 12.9. The standard InChI is InChI=1S/C29H26ClN3O4S/c1-22-15-17-25(18-16-22)38(35,36)33(27-13-7-6-12-26(27)30)20-29(34)32-31-19-24-11-5-8-14-28(24)37-21-23-9-3-2-4-10-23/h2-19H,20-21H2,1H3,(H,32,34)/b31-19-. The lowest BCUT2D eigenvalue weighted by Gasteiger charge is -2.24. The number of carbonyl (C=O) groups is 1. The van der Waals surface area contributed by atoms with Crippen molar-refractivity contribution in [3.05, 3.63) is 125 Å². The molecule has 0 unspecified atom stereocenters. The van der Waals surface area contributed by atoms with E-state index in [1.807, 2.05) is 49.4 Å². The van der Waals surface area contributed by atoms with E-state index in [0.717, 1.165) is 15.4 Å². The number of carbonyl (C=O) groups excluding carboxylic acids is 1. The first kappa shape index (κ1) is 26.9. The Morgan fingerprint density at radius 2 is 1.58 bits per heavy atom. The molecule has 7 nitrogen and oxygen atoms in total. The molecule has 0 heterocycles. The summed E-state index contributed by atoms with van der Waals surface area (Å²) in [5, 5.41) is 4.23. The summed E-state index contributed by atoms with van der Waals surface area (Å²) >= 11 is 6.32. The van der Waals surface area contributed by atoms with Crippen LogP contribution in [0.4, 0.5) is 5.69 Å². The Kier molecular flexibility index (Phi) is 8.78. The lowest BCUT2D eigenvalue weighted by Crippen LogP contribution is -2.39. The molecule has 0 aliphatic rings. The van der Waals surface area contributed by atoms with E-state index < -0.39 is 22.5 Å². The maximum atomic E-state index is 13.5. The molecule has 4 aromatic rings. The van der Waals surface area contributed by atoms with E-state index in [4.69, 9.17) is 16.3 Å². The quantitative estimate of drug-likeness (QED) is 0.207. The zero-order chi connectivity index (χ0) is 27.0. The minimum atomic E-state index is -4.09. The van der Waals surface area contributed by atoms with Crippen molar-refractivity contribution in [2.24, 2.45) is 5.10 Å². The maximum Gasteiger partial charge on any atom is 0.264 e. The molecule has 4 aromatic carbocycles. The third-order valence-corrected chi connectivity index (χ3v) is 7.66. The van der Waals surface area contributed by atoms with Gasteiger partial charge in [0.05, 0.1) is 21.8 Å². The lowest BCUT2D eigenvalue weighted by atomic mass is 10.2. The topological polar surface area (TPSA) is 88.1 Å². The fourth-order valence-corrected chi connectivity index (χ4v) is 5.31. The second-order valence-corrected chi connectivity index (χ2v) is 10.7. The summed E-state index contributed by atoms with van der Waals surface area (Å²) in [7, 11) is -4.09. The number of aryl methyl sites for hydroxylation is 1. The molecule has 0 bridgehead atoms. The SMILES string of the molecule is Cc1ccc(S(=O)(=O)N(CC(=O)N/N=C\c2ccccc2OCc2ccccc2)c2ccccc2Cl)cc1. The number of nitrogens with one attached hydrogen (secondary N) is 1. The molecule has 0 spiro atoms. The molecule has 0 aliphatic carbocycles. The van der Waals surface area contributed by atoms with Crippen LogP contribution in [0, 0.1) is 6.92 Å². The van der Waals surface area contributed by atoms with E-state index in [1.165, 1.54) is 18.3 Å². The van der Waals surface area contributed by atoms with Gasteiger partial charge in [0, 0.05) is 5.56 Å². The number of para-hydroxylation sites is 2. The number of rotatable bonds is 10. The van der Waals surface area contributed by atoms with Gasteiger partial charge in [0.25, 0.3) is 15.9 Å². The maximum absolute atomic E-state index is 13.5. The zero-order valence-corrected chi connectivity index (χ0v) is 22.2. The van der Waals surface area contributed by atoms with Gasteiger partial charge < -0.3 is 4.74 Å². The van der Waals surface area contributed by atoms with Gasteiger partial charge in [-0.15, -0.1) is 0 Å². The number of halogens is 1. The van der Waals surface area contributed by atoms with Crippen molar-refractivity contribution >= 4 is 39.4 Å². The fourth-order valence-electron chi connectivity index (χ4n) is 3.58. The van der Waals surface area contributed by atoms with Crippen molar-refractivity contribution in [2.75, 3.05) is 10.8 Å². The van der Waals surface area contributed by atoms with E-state index in [1.54, 1.807) is 48.5 Å². The molecule has 4 rings (SSSR count). The second-order valence-electron chi connectivity index (χ2n) is 8.38. The molecule has 0 saturated carbocycles. The molecule has 0 fully saturated rings. The third-order valence-electron chi connectivity index (χ3n) is 5.57. The van der Waals surface area contributed by atoms with Crippen LogP contribution in [0.2, 0.25) is 5.02 Å². The molecule has 0 atom stereocenters. The van der Waals surface area contributed by atoms with Crippen LogP contribution < -0.4 is 14.5 Å². The van der Waals surface area contributed by atoms with Crippen molar-refractivity contribution in [3.63, 3.8) is 0 Å². The number of hydrogen-bond acceptors (Lipinski definition) is 5. The summed E-state index contributed by atoms with van der Waals surface area (Å²) in [5.74, 6) is -0.0477. The van der Waals surface area contributed by atoms with Crippen LogP contribution >= 0.6 is 11.6 Å². The number of hydrazone groups is 1. The number of nitrogens with zero attached hydrogens (tertiary/aromatic N) is 2. The highest BCUT2D eigenvalue weighted by Gasteiger charge is 2.28. The Hall–Kier alpha value is -4.14. The van der Waals surface area contributed by atoms with Crippen LogP contribution in [0.1, 0.15) is 16.7 Å². The Balaban J connectivity index is 1.50. The molecular weight excluding hydrogens is 522 g/mol. The van der Waals surface area contributed by atoms with Gasteiger partial charge in [-0.1, -0.05) is 83.9 Å². The monoisotopic (exact) mass is 547 g/mol. The van der Waals surface area contributed by atoms with Crippen molar-refractivity contribution in [3.8, 4) is 5.75 Å². The Morgan fingerprint density at radius 3 is 2.32 bits per heavy atom. The van der Waals surface area contributed by atoms with E-state index in [0.29, 0.717) is 17.9 Å². The number of benzene rings is 4. The highest BCUT2D eigenvalue weighted by Crippen LogP contribution is 2.30. The van der Waals surface area contributed by atoms with Gasteiger partial charge in [-0.2, -0.15) is 5.10 Å². The number of sulfonamides is 1. The van der Waals surface area contributed by atoms with Crippen molar-refractivity contribution < 1.29 is 17.9 Å². The van der Waals surface area contributed by atoms with Crippen LogP contribution in [-0.4, -0.2) is 27.1 Å². The summed E-state index contributed by atoms with van der Waals surface area (Å²) in [6, 6.07) is 29.8. The number of ether oxygens (including phenoxy) is 1. The lowest BCUT2D eigenvalue weighted by molar-refractivity contribution is -0.119. The highest BCUT2D eigenvalue weighted by molar-refractivity contribution is 7.92. The van der Waals surface area contributed by atoms with Crippen LogP contribution in [0.25, 0.3) is 0 Å². The zero-order valence-electron chi connectivity index (χ0n) is 20.6. The highest BCUT2D eigenvalue weighted by atomic mass is 35.5. The largest absolute Gasteiger partial charge is 0.488 e. The summed E-state index contributed by atoms with van der Waals surface area (Å²) in [5.41, 5.74) is 5.18. The van der Waals surface area contributed by atoms with Crippen LogP contribution in [0.15, 0.2) is 113 Å². The summed E-state index contributed by atoms with van der Waals surface area (Å²) in [6.45, 7) is 1.71. The number of hydrogen-bond donors (Lipinski definition) is 1. The fraction of sp³-hybridized carbons (Fsp3) is 0.103. The molecular formula is C29H26ClN3O4S. The molecule has 9 heteroatoms. The van der Waals surface area contributed by atoms with Gasteiger partial charge in [-0.3, -0.25) is 9.10 Å². The molecule has 1 N–H and O–H groups in total. The molecule has 38 heavy (non-hydrogen) atoms. The molecule has 0 radical (unpaired) electrons. The van der Waals surface area contributed by atoms with Gasteiger partial charge in [-0.05, 0) is 48.9 Å². The Morgan fingerprint density at radius 1 is 0.921 bits per heavy atom. The first-order valence-corrected chi connectivity index (χ1v) is 13.6. The van der Waals surface area contributed by atoms with E-state index in [2.05, 4.69) is 10.5 Å². The minimum absolute atomic E-state index is 0.0452. The van der Waals surface area contributed by atoms with E-state index in [-0.39, 0.29) is 15.6 Å². The molecule has 0 aromatic heterocycles. The van der Waals surface area contributed by atoms with Gasteiger partial charge in [-0.25, -0.2) is 13.8 Å². The molecule has 0 saturated heterocycles. The first-order chi connectivity index (χ1) is 18.3. The van der Waals surface area contributed by atoms with Crippen LogP contribution in [0.3, 0.4) is 0 Å². The predicted molar refractivity (Wildman–Crippen MR) is 150 cm³/mol. The smallest absolute Gasteiger partial charge is 0.264 e. The third kappa shape index (κ3) is 6.79. The molecule has 194 valence electrons. The minimum Gasteiger partial charge on any atom is -0.488 e. The predicted octanol–water partition coefficient (Wildman–Crippen LogP) is 5.57.